The molecular formula is C17H18F3N3O3S2. The lowest BCUT2D eigenvalue weighted by atomic mass is 10.2. The molecule has 0 fully saturated rings. The average Bonchev–Trinajstić information content (AvgIpc) is 2.57. The molecule has 0 atom stereocenters. The van der Waals surface area contributed by atoms with E-state index in [9.17, 15) is 13.2 Å². The smallest absolute Gasteiger partial charge is 0.485 e. The van der Waals surface area contributed by atoms with Gasteiger partial charge < -0.3 is 9.45 Å². The molecule has 11 heteroatoms. The van der Waals surface area contributed by atoms with Gasteiger partial charge >= 0.3 is 5.51 Å². The van der Waals surface area contributed by atoms with Crippen molar-refractivity contribution in [2.24, 2.45) is 0 Å². The van der Waals surface area contributed by atoms with Crippen LogP contribution in [-0.2, 0) is 10.1 Å². The summed E-state index contributed by atoms with van der Waals surface area (Å²) in [5.41, 5.74) is -2.32. The number of alkyl halides is 3. The molecule has 0 aromatic heterocycles. The van der Waals surface area contributed by atoms with Gasteiger partial charge in [-0.05, 0) is 24.3 Å². The topological polar surface area (TPSA) is 76.3 Å². The summed E-state index contributed by atoms with van der Waals surface area (Å²) >= 11 is 1.80. The zero-order valence-electron chi connectivity index (χ0n) is 15.5. The predicted octanol–water partition coefficient (Wildman–Crippen LogP) is 2.55. The predicted molar refractivity (Wildman–Crippen MR) is 103 cm³/mol. The second-order valence-corrected chi connectivity index (χ2v) is 8.66. The first-order valence-electron chi connectivity index (χ1n) is 7.84. The van der Waals surface area contributed by atoms with Gasteiger partial charge in [0.25, 0.3) is 0 Å². The van der Waals surface area contributed by atoms with Crippen LogP contribution in [0.25, 0.3) is 20.8 Å². The molecular weight excluding hydrogens is 415 g/mol. The maximum absolute atomic E-state index is 10.7. The van der Waals surface area contributed by atoms with Crippen molar-refractivity contribution >= 4 is 37.4 Å². The van der Waals surface area contributed by atoms with E-state index in [2.05, 4.69) is 74.1 Å². The molecule has 3 rings (SSSR count). The van der Waals surface area contributed by atoms with Gasteiger partial charge in [0.1, 0.15) is 14.1 Å². The van der Waals surface area contributed by atoms with Crippen molar-refractivity contribution in [3.63, 3.8) is 0 Å². The van der Waals surface area contributed by atoms with Crippen molar-refractivity contribution in [2.45, 2.75) is 5.51 Å². The summed E-state index contributed by atoms with van der Waals surface area (Å²) in [6.45, 7) is 0. The molecule has 0 saturated carbocycles. The minimum atomic E-state index is -6.09. The van der Waals surface area contributed by atoms with Crippen molar-refractivity contribution in [3.8, 4) is 10.6 Å². The van der Waals surface area contributed by atoms with Crippen molar-refractivity contribution < 1.29 is 26.1 Å². The molecule has 1 aromatic carbocycles. The Labute approximate surface area is 164 Å². The fourth-order valence-corrected chi connectivity index (χ4v) is 3.19. The first kappa shape index (κ1) is 22.1. The molecule has 6 nitrogen and oxygen atoms in total. The largest absolute Gasteiger partial charge is 0.741 e. The van der Waals surface area contributed by atoms with Crippen LogP contribution in [0.5, 0.6) is 0 Å². The number of halogens is 3. The van der Waals surface area contributed by atoms with Gasteiger partial charge in [-0.15, -0.1) is 11.3 Å². The first-order valence-corrected chi connectivity index (χ1v) is 10.1. The fourth-order valence-electron chi connectivity index (χ4n) is 2.16. The molecule has 0 spiro atoms. The second-order valence-electron chi connectivity index (χ2n) is 6.21. The maximum atomic E-state index is 10.7. The molecule has 0 radical (unpaired) electrons. The van der Waals surface area contributed by atoms with Crippen LogP contribution in [0.1, 0.15) is 0 Å². The lowest BCUT2D eigenvalue weighted by Crippen LogP contribution is -2.21. The normalized spacial score (nSPS) is 11.9. The zero-order chi connectivity index (χ0) is 21.3. The standard InChI is InChI=1S/C16H18N3S.CHF3O3S/c1-18(2)11-5-7-13-15(9-11)20-16-10-12(19(3)4)6-8-14(16)17-13;2-1(3,4)8(5,6)7/h5-10H,1-4H3;(H,5,6,7)/q+1;/p-1. The third kappa shape index (κ3) is 5.18. The minimum Gasteiger partial charge on any atom is -0.741 e. The highest BCUT2D eigenvalue weighted by atomic mass is 32.2. The molecule has 1 heterocycles. The Morgan fingerprint density at radius 2 is 1.71 bits per heavy atom. The van der Waals surface area contributed by atoms with Crippen LogP contribution >= 0.6 is 11.3 Å². The Balaban J connectivity index is 0.000000300. The van der Waals surface area contributed by atoms with E-state index >= 15 is 0 Å². The van der Waals surface area contributed by atoms with Crippen LogP contribution in [0.4, 0.5) is 18.9 Å². The van der Waals surface area contributed by atoms with Crippen LogP contribution in [0.15, 0.2) is 36.4 Å². The summed E-state index contributed by atoms with van der Waals surface area (Å²) in [6.07, 6.45) is 0. The Bertz CT molecular complexity index is 1140. The van der Waals surface area contributed by atoms with Gasteiger partial charge in [-0.3, -0.25) is 0 Å². The van der Waals surface area contributed by atoms with Crippen LogP contribution in [-0.4, -0.2) is 51.7 Å². The van der Waals surface area contributed by atoms with E-state index in [1.165, 1.54) is 20.6 Å². The molecule has 0 unspecified atom stereocenters. The molecule has 1 aromatic rings. The van der Waals surface area contributed by atoms with Gasteiger partial charge in [-0.1, -0.05) is 0 Å². The average molecular weight is 433 g/mol. The highest BCUT2D eigenvalue weighted by molar-refractivity contribution is 7.86. The zero-order valence-corrected chi connectivity index (χ0v) is 17.1. The number of anilines is 1. The second kappa shape index (κ2) is 8.02. The summed E-state index contributed by atoms with van der Waals surface area (Å²) in [5, 5.41) is 1.21. The molecule has 152 valence electrons. The number of aromatic nitrogens is 1. The summed E-state index contributed by atoms with van der Waals surface area (Å²) in [7, 11) is 2.15. The molecule has 1 aliphatic carbocycles. The Morgan fingerprint density at radius 3 is 2.21 bits per heavy atom. The third-order valence-electron chi connectivity index (χ3n) is 3.66. The van der Waals surface area contributed by atoms with Crippen LogP contribution in [0.3, 0.4) is 0 Å². The summed E-state index contributed by atoms with van der Waals surface area (Å²) < 4.78 is 62.2. The van der Waals surface area contributed by atoms with Crippen molar-refractivity contribution in [3.05, 3.63) is 41.8 Å². The molecule has 0 N–H and O–H groups in total. The quantitative estimate of drug-likeness (QED) is 0.255. The molecule has 0 saturated heterocycles. The van der Waals surface area contributed by atoms with E-state index < -0.39 is 15.6 Å². The van der Waals surface area contributed by atoms with Crippen LogP contribution < -0.4 is 14.8 Å². The first-order chi connectivity index (χ1) is 12.8. The summed E-state index contributed by atoms with van der Waals surface area (Å²) in [5.74, 6) is 0. The molecule has 0 amide bonds. The number of benzene rings is 2. The van der Waals surface area contributed by atoms with Crippen LogP contribution in [0, 0.1) is 0 Å². The van der Waals surface area contributed by atoms with Crippen molar-refractivity contribution in [2.75, 3.05) is 33.1 Å². The van der Waals surface area contributed by atoms with Crippen molar-refractivity contribution in [1.29, 1.82) is 0 Å². The lowest BCUT2D eigenvalue weighted by molar-refractivity contribution is -0.0517. The monoisotopic (exact) mass is 433 g/mol. The lowest BCUT2D eigenvalue weighted by Gasteiger charge is -2.13. The summed E-state index contributed by atoms with van der Waals surface area (Å²) in [4.78, 5) is 8.09. The van der Waals surface area contributed by atoms with Gasteiger partial charge in [-0.25, -0.2) is 18.0 Å². The van der Waals surface area contributed by atoms with E-state index in [0.29, 0.717) is 0 Å². The molecule has 28 heavy (non-hydrogen) atoms. The van der Waals surface area contributed by atoms with E-state index in [4.69, 9.17) is 18.0 Å². The number of hydrogen-bond donors (Lipinski definition) is 0. The molecule has 1 aliphatic heterocycles. The number of hydrogen-bond acceptors (Lipinski definition) is 6. The fraction of sp³-hybridized carbons (Fsp3) is 0.294. The number of fused-ring (bicyclic) bond motifs is 2. The minimum absolute atomic E-state index is 1.06. The van der Waals surface area contributed by atoms with E-state index in [1.807, 2.05) is 0 Å². The van der Waals surface area contributed by atoms with Gasteiger partial charge in [0.15, 0.2) is 10.1 Å². The molecule has 0 bridgehead atoms. The molecule has 2 aliphatic rings. The number of rotatable bonds is 1. The van der Waals surface area contributed by atoms with E-state index in [-0.39, 0.29) is 0 Å². The Morgan fingerprint density at radius 1 is 1.11 bits per heavy atom. The van der Waals surface area contributed by atoms with Crippen molar-refractivity contribution in [1.82, 2.24) is 9.56 Å². The van der Waals surface area contributed by atoms with Gasteiger partial charge in [0.2, 0.25) is 5.36 Å². The Kier molecular flexibility index (Phi) is 6.31. The van der Waals surface area contributed by atoms with Gasteiger partial charge in [0.05, 0.1) is 20.8 Å². The van der Waals surface area contributed by atoms with Gasteiger partial charge in [0, 0.05) is 31.9 Å². The SMILES string of the molecule is CN(C)c1ccc2nc3ccc(=[N+](C)C)cc-3sc2c1.O=S(=O)([O-])C(F)(F)F. The third-order valence-corrected chi connectivity index (χ3v) is 5.32. The maximum Gasteiger partial charge on any atom is 0.485 e. The van der Waals surface area contributed by atoms with E-state index in [1.54, 1.807) is 11.3 Å². The van der Waals surface area contributed by atoms with E-state index in [0.717, 1.165) is 11.2 Å². The van der Waals surface area contributed by atoms with Crippen LogP contribution in [0.2, 0.25) is 0 Å². The van der Waals surface area contributed by atoms with Gasteiger partial charge in [-0.2, -0.15) is 13.2 Å². The summed E-state index contributed by atoms with van der Waals surface area (Å²) in [6, 6.07) is 12.8. The highest BCUT2D eigenvalue weighted by Gasteiger charge is 2.36. The Hall–Kier alpha value is -2.24. The number of nitrogens with zero attached hydrogens (tertiary/aromatic N) is 3. The highest BCUT2D eigenvalue weighted by Crippen LogP contribution is 2.31.